The van der Waals surface area contributed by atoms with Gasteiger partial charge in [-0.25, -0.2) is 9.67 Å². The van der Waals surface area contributed by atoms with E-state index in [1.54, 1.807) is 6.07 Å². The Bertz CT molecular complexity index is 929. The number of hydrogen-bond acceptors (Lipinski definition) is 5. The molecule has 1 aliphatic rings. The second kappa shape index (κ2) is 7.56. The molecule has 0 atom stereocenters. The summed E-state index contributed by atoms with van der Waals surface area (Å²) in [6, 6.07) is 5.10. The van der Waals surface area contributed by atoms with E-state index in [4.69, 9.17) is 16.9 Å². The number of rotatable bonds is 3. The number of nitriles is 1. The topological polar surface area (TPSA) is 74.8 Å². The van der Waals surface area contributed by atoms with Crippen molar-refractivity contribution in [3.63, 3.8) is 0 Å². The lowest BCUT2D eigenvalue weighted by Crippen LogP contribution is -2.37. The lowest BCUT2D eigenvalue weighted by Gasteiger charge is -2.33. The number of alkyl halides is 3. The molecule has 0 radical (unpaired) electrons. The highest BCUT2D eigenvalue weighted by Gasteiger charge is 2.33. The van der Waals surface area contributed by atoms with Crippen LogP contribution in [0.3, 0.4) is 0 Å². The minimum absolute atomic E-state index is 0.0205. The number of halogens is 4. The van der Waals surface area contributed by atoms with Gasteiger partial charge >= 0.3 is 6.18 Å². The molecule has 27 heavy (non-hydrogen) atoms. The second-order valence-corrected chi connectivity index (χ2v) is 6.72. The lowest BCUT2D eigenvalue weighted by molar-refractivity contribution is -0.142. The van der Waals surface area contributed by atoms with Crippen LogP contribution in [0, 0.1) is 17.2 Å². The Labute approximate surface area is 157 Å². The van der Waals surface area contributed by atoms with Crippen molar-refractivity contribution in [1.29, 1.82) is 5.26 Å². The molecule has 3 heterocycles. The highest BCUT2D eigenvalue weighted by atomic mass is 35.5. The molecule has 2 aromatic rings. The van der Waals surface area contributed by atoms with Crippen LogP contribution in [-0.4, -0.2) is 27.9 Å². The van der Waals surface area contributed by atoms with Crippen LogP contribution in [0.1, 0.15) is 24.1 Å². The van der Waals surface area contributed by atoms with E-state index in [1.807, 2.05) is 11.0 Å². The summed E-state index contributed by atoms with van der Waals surface area (Å²) in [7, 11) is 0. The standard InChI is InChI=1S/C17H15ClF3N5O/c18-13-7-12(8-22)9-23-16(13)25-5-3-11(4-6-25)10-26-15(27)2-1-14(24-26)17(19,20)21/h1-2,7,9,11H,3-6,10H2. The van der Waals surface area contributed by atoms with Crippen LogP contribution in [0.2, 0.25) is 5.02 Å². The summed E-state index contributed by atoms with van der Waals surface area (Å²) in [4.78, 5) is 18.0. The zero-order valence-electron chi connectivity index (χ0n) is 14.1. The van der Waals surface area contributed by atoms with Gasteiger partial charge in [-0.2, -0.15) is 23.5 Å². The number of piperidine rings is 1. The molecule has 0 spiro atoms. The molecule has 0 unspecified atom stereocenters. The first-order valence-corrected chi connectivity index (χ1v) is 8.61. The van der Waals surface area contributed by atoms with Gasteiger partial charge < -0.3 is 4.90 Å². The number of aromatic nitrogens is 3. The summed E-state index contributed by atoms with van der Waals surface area (Å²) in [6.45, 7) is 1.32. The molecular weight excluding hydrogens is 383 g/mol. The molecular formula is C17H15ClF3N5O. The van der Waals surface area contributed by atoms with Crippen molar-refractivity contribution in [2.75, 3.05) is 18.0 Å². The van der Waals surface area contributed by atoms with Gasteiger partial charge in [-0.05, 0) is 30.9 Å². The highest BCUT2D eigenvalue weighted by Crippen LogP contribution is 2.29. The Morgan fingerprint density at radius 2 is 2.00 bits per heavy atom. The Hall–Kier alpha value is -2.60. The first-order chi connectivity index (χ1) is 12.8. The molecule has 1 aliphatic heterocycles. The molecule has 0 aliphatic carbocycles. The maximum atomic E-state index is 12.8. The summed E-state index contributed by atoms with van der Waals surface area (Å²) in [5.41, 5.74) is -1.26. The van der Waals surface area contributed by atoms with Gasteiger partial charge in [0.05, 0.1) is 10.6 Å². The van der Waals surface area contributed by atoms with Crippen molar-refractivity contribution in [3.8, 4) is 6.07 Å². The number of anilines is 1. The average Bonchev–Trinajstić information content (AvgIpc) is 2.63. The van der Waals surface area contributed by atoms with E-state index in [0.717, 1.165) is 10.7 Å². The predicted octanol–water partition coefficient (Wildman–Crippen LogP) is 3.10. The Morgan fingerprint density at radius 3 is 2.59 bits per heavy atom. The average molecular weight is 398 g/mol. The van der Waals surface area contributed by atoms with Crippen LogP contribution in [0.15, 0.2) is 29.2 Å². The fourth-order valence-electron chi connectivity index (χ4n) is 3.03. The molecule has 0 bridgehead atoms. The van der Waals surface area contributed by atoms with Crippen LogP contribution in [0.25, 0.3) is 0 Å². The fourth-order valence-corrected chi connectivity index (χ4v) is 3.31. The molecule has 1 fully saturated rings. The minimum atomic E-state index is -4.59. The highest BCUT2D eigenvalue weighted by molar-refractivity contribution is 6.33. The Morgan fingerprint density at radius 1 is 1.30 bits per heavy atom. The summed E-state index contributed by atoms with van der Waals surface area (Å²) >= 11 is 6.17. The molecule has 0 N–H and O–H groups in total. The van der Waals surface area contributed by atoms with Crippen molar-refractivity contribution in [3.05, 3.63) is 51.0 Å². The Kier molecular flexibility index (Phi) is 5.37. The first kappa shape index (κ1) is 19.2. The van der Waals surface area contributed by atoms with Crippen molar-refractivity contribution in [2.45, 2.75) is 25.6 Å². The van der Waals surface area contributed by atoms with E-state index in [1.165, 1.54) is 6.20 Å². The number of pyridine rings is 1. The minimum Gasteiger partial charge on any atom is -0.355 e. The van der Waals surface area contributed by atoms with Gasteiger partial charge in [0.25, 0.3) is 5.56 Å². The number of hydrogen-bond donors (Lipinski definition) is 0. The zero-order chi connectivity index (χ0) is 19.6. The summed E-state index contributed by atoms with van der Waals surface area (Å²) in [5.74, 6) is 0.593. The molecule has 0 aromatic carbocycles. The molecule has 142 valence electrons. The van der Waals surface area contributed by atoms with Gasteiger partial charge in [0.2, 0.25) is 0 Å². The summed E-state index contributed by atoms with van der Waals surface area (Å²) in [6.07, 6.45) is -1.83. The van der Waals surface area contributed by atoms with Crippen LogP contribution in [-0.2, 0) is 12.7 Å². The van der Waals surface area contributed by atoms with E-state index in [-0.39, 0.29) is 12.5 Å². The van der Waals surface area contributed by atoms with E-state index < -0.39 is 17.4 Å². The van der Waals surface area contributed by atoms with Gasteiger partial charge in [0, 0.05) is 31.9 Å². The molecule has 3 rings (SSSR count). The van der Waals surface area contributed by atoms with Gasteiger partial charge in [-0.3, -0.25) is 4.79 Å². The summed E-state index contributed by atoms with van der Waals surface area (Å²) < 4.78 is 39.2. The number of nitrogens with zero attached hydrogens (tertiary/aromatic N) is 5. The van der Waals surface area contributed by atoms with E-state index in [0.29, 0.717) is 48.4 Å². The second-order valence-electron chi connectivity index (χ2n) is 6.31. The molecule has 6 nitrogen and oxygen atoms in total. The van der Waals surface area contributed by atoms with Gasteiger partial charge in [-0.15, -0.1) is 0 Å². The third kappa shape index (κ3) is 4.39. The maximum absolute atomic E-state index is 12.8. The van der Waals surface area contributed by atoms with E-state index >= 15 is 0 Å². The van der Waals surface area contributed by atoms with Crippen molar-refractivity contribution < 1.29 is 13.2 Å². The van der Waals surface area contributed by atoms with Gasteiger partial charge in [0.1, 0.15) is 11.9 Å². The van der Waals surface area contributed by atoms with Gasteiger partial charge in [0.15, 0.2) is 5.69 Å². The van der Waals surface area contributed by atoms with Crippen LogP contribution < -0.4 is 10.5 Å². The van der Waals surface area contributed by atoms with E-state index in [2.05, 4.69) is 10.1 Å². The molecule has 2 aromatic heterocycles. The van der Waals surface area contributed by atoms with Crippen LogP contribution >= 0.6 is 11.6 Å². The molecule has 10 heteroatoms. The molecule has 0 saturated carbocycles. The Balaban J connectivity index is 1.67. The first-order valence-electron chi connectivity index (χ1n) is 8.24. The monoisotopic (exact) mass is 397 g/mol. The lowest BCUT2D eigenvalue weighted by atomic mass is 9.97. The third-order valence-electron chi connectivity index (χ3n) is 4.45. The maximum Gasteiger partial charge on any atom is 0.435 e. The molecule has 0 amide bonds. The largest absolute Gasteiger partial charge is 0.435 e. The van der Waals surface area contributed by atoms with Crippen LogP contribution in [0.5, 0.6) is 0 Å². The van der Waals surface area contributed by atoms with E-state index in [9.17, 15) is 18.0 Å². The van der Waals surface area contributed by atoms with Crippen molar-refractivity contribution in [2.24, 2.45) is 5.92 Å². The van der Waals surface area contributed by atoms with Crippen molar-refractivity contribution >= 4 is 17.4 Å². The third-order valence-corrected chi connectivity index (χ3v) is 4.73. The van der Waals surface area contributed by atoms with Crippen molar-refractivity contribution in [1.82, 2.24) is 14.8 Å². The normalized spacial score (nSPS) is 15.6. The quantitative estimate of drug-likeness (QED) is 0.795. The zero-order valence-corrected chi connectivity index (χ0v) is 14.8. The van der Waals surface area contributed by atoms with Crippen LogP contribution in [0.4, 0.5) is 19.0 Å². The molecule has 1 saturated heterocycles. The summed E-state index contributed by atoms with van der Waals surface area (Å²) in [5, 5.41) is 12.7. The van der Waals surface area contributed by atoms with Gasteiger partial charge in [-0.1, -0.05) is 11.6 Å². The predicted molar refractivity (Wildman–Crippen MR) is 92.4 cm³/mol. The fraction of sp³-hybridized carbons (Fsp3) is 0.412. The SMILES string of the molecule is N#Cc1cnc(N2CCC(Cn3nc(C(F)(F)F)ccc3=O)CC2)c(Cl)c1. The smallest absolute Gasteiger partial charge is 0.355 e.